The lowest BCUT2D eigenvalue weighted by molar-refractivity contribution is -0.415. The van der Waals surface area contributed by atoms with Crippen molar-refractivity contribution >= 4 is 22.8 Å². The van der Waals surface area contributed by atoms with Gasteiger partial charge in [0, 0.05) is 40.8 Å². The molecule has 5 heteroatoms. The van der Waals surface area contributed by atoms with Crippen LogP contribution in [0.4, 0.5) is 0 Å². The molecule has 0 unspecified atom stereocenters. The lowest BCUT2D eigenvalue weighted by Gasteiger charge is -2.00. The number of benzene rings is 2. The number of hydrogen-bond donors (Lipinski definition) is 0. The number of Topliss-reactive ketones (excluding diaryl/α,β-unsaturated/α-hetero) is 1. The minimum atomic E-state index is -0.615. The lowest BCUT2D eigenvalue weighted by atomic mass is 10.0. The number of carbonyl (C=O) groups is 1. The summed E-state index contributed by atoms with van der Waals surface area (Å²) in [6.07, 6.45) is 1.38. The number of para-hydroxylation sites is 1. The van der Waals surface area contributed by atoms with Crippen LogP contribution in [0.3, 0.4) is 0 Å². The molecule has 0 saturated carbocycles. The predicted molar refractivity (Wildman–Crippen MR) is 93.4 cm³/mol. The molecule has 0 N–H and O–H groups in total. The number of rotatable bonds is 4. The third-order valence-electron chi connectivity index (χ3n) is 4.19. The molecule has 1 aromatic heterocycles. The summed E-state index contributed by atoms with van der Waals surface area (Å²) >= 11 is 0. The largest absolute Gasteiger partial charge is 0.347 e. The van der Waals surface area contributed by atoms with Gasteiger partial charge in [-0.3, -0.25) is 14.9 Å². The molecule has 0 spiro atoms. The van der Waals surface area contributed by atoms with Crippen molar-refractivity contribution in [3.8, 4) is 0 Å². The molecule has 0 aliphatic carbocycles. The van der Waals surface area contributed by atoms with Crippen molar-refractivity contribution in [2.75, 3.05) is 0 Å². The van der Waals surface area contributed by atoms with Crippen LogP contribution in [0, 0.1) is 17.0 Å². The first-order chi connectivity index (χ1) is 11.5. The van der Waals surface area contributed by atoms with Crippen LogP contribution in [0.2, 0.25) is 0 Å². The molecule has 0 radical (unpaired) electrons. The number of ketones is 1. The lowest BCUT2D eigenvalue weighted by Crippen LogP contribution is -2.11. The molecule has 5 nitrogen and oxygen atoms in total. The van der Waals surface area contributed by atoms with Crippen molar-refractivity contribution in [2.24, 2.45) is 7.05 Å². The van der Waals surface area contributed by atoms with Crippen LogP contribution in [-0.4, -0.2) is 15.3 Å². The van der Waals surface area contributed by atoms with Gasteiger partial charge in [-0.2, -0.15) is 0 Å². The molecule has 3 aromatic rings. The predicted octanol–water partition coefficient (Wildman–Crippen LogP) is 3.99. The van der Waals surface area contributed by atoms with Crippen molar-refractivity contribution in [1.82, 2.24) is 4.57 Å². The van der Waals surface area contributed by atoms with Crippen molar-refractivity contribution < 1.29 is 9.72 Å². The van der Waals surface area contributed by atoms with E-state index in [1.807, 2.05) is 42.8 Å². The molecule has 0 saturated heterocycles. The van der Waals surface area contributed by atoms with Gasteiger partial charge in [0.15, 0.2) is 0 Å². The highest BCUT2D eigenvalue weighted by atomic mass is 16.6. The molecule has 3 rings (SSSR count). The van der Waals surface area contributed by atoms with Gasteiger partial charge < -0.3 is 4.57 Å². The topological polar surface area (TPSA) is 65.1 Å². The minimum absolute atomic E-state index is 0.304. The number of nitro groups is 1. The first-order valence-corrected chi connectivity index (χ1v) is 7.50. The fourth-order valence-corrected chi connectivity index (χ4v) is 2.81. The van der Waals surface area contributed by atoms with E-state index in [1.165, 1.54) is 6.08 Å². The van der Waals surface area contributed by atoms with Crippen LogP contribution in [0.15, 0.2) is 60.3 Å². The summed E-state index contributed by atoms with van der Waals surface area (Å²) in [6.45, 7) is 1.89. The van der Waals surface area contributed by atoms with Gasteiger partial charge in [-0.25, -0.2) is 0 Å². The maximum absolute atomic E-state index is 12.5. The third-order valence-corrected chi connectivity index (χ3v) is 4.19. The molecule has 120 valence electrons. The Morgan fingerprint density at radius 3 is 2.38 bits per heavy atom. The van der Waals surface area contributed by atoms with Crippen molar-refractivity contribution in [1.29, 1.82) is 0 Å². The first-order valence-electron chi connectivity index (χ1n) is 7.50. The fourth-order valence-electron chi connectivity index (χ4n) is 2.81. The van der Waals surface area contributed by atoms with E-state index < -0.39 is 16.4 Å². The number of carbonyl (C=O) groups excluding carboxylic acids is 1. The second-order valence-electron chi connectivity index (χ2n) is 5.56. The van der Waals surface area contributed by atoms with Crippen LogP contribution < -0.4 is 0 Å². The van der Waals surface area contributed by atoms with Crippen molar-refractivity contribution in [2.45, 2.75) is 6.92 Å². The molecule has 0 aliphatic rings. The third kappa shape index (κ3) is 2.60. The van der Waals surface area contributed by atoms with E-state index in [0.717, 1.165) is 16.6 Å². The monoisotopic (exact) mass is 320 g/mol. The Bertz CT molecular complexity index is 969. The molecule has 2 aromatic carbocycles. The van der Waals surface area contributed by atoms with Gasteiger partial charge in [-0.05, 0) is 13.0 Å². The van der Waals surface area contributed by atoms with E-state index in [4.69, 9.17) is 0 Å². The van der Waals surface area contributed by atoms with Crippen molar-refractivity contribution in [3.05, 3.63) is 87.2 Å². The highest BCUT2D eigenvalue weighted by molar-refractivity contribution is 6.10. The zero-order chi connectivity index (χ0) is 17.3. The molecule has 0 atom stereocenters. The summed E-state index contributed by atoms with van der Waals surface area (Å²) in [5, 5.41) is 12.4. The SMILES string of the molecule is Cc1c(C=C(C(=O)c2ccccc2)[N+](=O)[O-])c2ccccc2n1C. The summed E-state index contributed by atoms with van der Waals surface area (Å²) in [5.74, 6) is -0.590. The second-order valence-corrected chi connectivity index (χ2v) is 5.56. The van der Waals surface area contributed by atoms with E-state index in [1.54, 1.807) is 30.3 Å². The molecule has 0 aliphatic heterocycles. The zero-order valence-electron chi connectivity index (χ0n) is 13.4. The van der Waals surface area contributed by atoms with Crippen LogP contribution in [0.25, 0.3) is 17.0 Å². The summed E-state index contributed by atoms with van der Waals surface area (Å²) in [6, 6.07) is 15.9. The van der Waals surface area contributed by atoms with Gasteiger partial charge in [0.1, 0.15) is 0 Å². The number of aromatic nitrogens is 1. The average molecular weight is 320 g/mol. The molecule has 24 heavy (non-hydrogen) atoms. The Hall–Kier alpha value is -3.21. The van der Waals surface area contributed by atoms with Gasteiger partial charge in [0.05, 0.1) is 4.92 Å². The van der Waals surface area contributed by atoms with Crippen molar-refractivity contribution in [3.63, 3.8) is 0 Å². The van der Waals surface area contributed by atoms with Crippen LogP contribution >= 0.6 is 0 Å². The Balaban J connectivity index is 2.19. The van der Waals surface area contributed by atoms with E-state index in [-0.39, 0.29) is 0 Å². The quantitative estimate of drug-likeness (QED) is 0.316. The van der Waals surface area contributed by atoms with Crippen LogP contribution in [0.5, 0.6) is 0 Å². The summed E-state index contributed by atoms with van der Waals surface area (Å²) < 4.78 is 1.96. The Labute approximate surface area is 139 Å². The van der Waals surface area contributed by atoms with Gasteiger partial charge in [-0.15, -0.1) is 0 Å². The molecular weight excluding hydrogens is 304 g/mol. The summed E-state index contributed by atoms with van der Waals surface area (Å²) in [4.78, 5) is 23.4. The molecule has 0 amide bonds. The standard InChI is InChI=1S/C19H16N2O3/c1-13-16(15-10-6-7-11-17(15)20(13)2)12-18(21(23)24)19(22)14-8-4-3-5-9-14/h3-12H,1-2H3. The Kier molecular flexibility index (Phi) is 4.00. The number of nitrogens with zero attached hydrogens (tertiary/aromatic N) is 2. The number of aryl methyl sites for hydroxylation is 1. The normalized spacial score (nSPS) is 11.7. The van der Waals surface area contributed by atoms with Crippen LogP contribution in [0.1, 0.15) is 21.6 Å². The number of hydrogen-bond acceptors (Lipinski definition) is 3. The van der Waals surface area contributed by atoms with E-state index >= 15 is 0 Å². The smallest absolute Gasteiger partial charge is 0.317 e. The highest BCUT2D eigenvalue weighted by Gasteiger charge is 2.25. The second kappa shape index (κ2) is 6.12. The highest BCUT2D eigenvalue weighted by Crippen LogP contribution is 2.27. The van der Waals surface area contributed by atoms with Gasteiger partial charge in [0.25, 0.3) is 5.78 Å². The molecule has 1 heterocycles. The Morgan fingerprint density at radius 2 is 1.71 bits per heavy atom. The Morgan fingerprint density at radius 1 is 1.08 bits per heavy atom. The van der Waals surface area contributed by atoms with E-state index in [2.05, 4.69) is 0 Å². The fraction of sp³-hybridized carbons (Fsp3) is 0.105. The number of fused-ring (bicyclic) bond motifs is 1. The van der Waals surface area contributed by atoms with Crippen LogP contribution in [-0.2, 0) is 7.05 Å². The molecular formula is C19H16N2O3. The van der Waals surface area contributed by atoms with E-state index in [9.17, 15) is 14.9 Å². The van der Waals surface area contributed by atoms with Gasteiger partial charge >= 0.3 is 5.70 Å². The summed E-state index contributed by atoms with van der Waals surface area (Å²) in [7, 11) is 1.90. The maximum atomic E-state index is 12.5. The average Bonchev–Trinajstić information content (AvgIpc) is 2.84. The number of allylic oxidation sites excluding steroid dienone is 1. The molecule has 0 fully saturated rings. The van der Waals surface area contributed by atoms with Gasteiger partial charge in [-0.1, -0.05) is 48.5 Å². The first kappa shape index (κ1) is 15.7. The van der Waals surface area contributed by atoms with E-state index in [0.29, 0.717) is 11.1 Å². The maximum Gasteiger partial charge on any atom is 0.317 e. The van der Waals surface area contributed by atoms with Gasteiger partial charge in [0.2, 0.25) is 0 Å². The zero-order valence-corrected chi connectivity index (χ0v) is 13.4. The molecule has 0 bridgehead atoms. The minimum Gasteiger partial charge on any atom is -0.347 e. The summed E-state index contributed by atoms with van der Waals surface area (Å²) in [5.41, 5.74) is 2.41.